The highest BCUT2D eigenvalue weighted by Gasteiger charge is 2.47. The number of benzene rings is 1. The van der Waals surface area contributed by atoms with Crippen molar-refractivity contribution in [3.05, 3.63) is 45.3 Å². The standard InChI is InChI=1S/C24H28ClNO8/c1-11-8-15-20(22(28)17(11)23(29)33-5)19(13-9-14(25)21(27)16(10-13)32-4)18(12(2)26-15)24(30)34-7-6-31-3/h9-11,17,19,26-27H,6-8H2,1-5H3/t11-,17+,19-/m0/s1. The largest absolute Gasteiger partial charge is 0.503 e. The van der Waals surface area contributed by atoms with Gasteiger partial charge in [-0.05, 0) is 37.0 Å². The Morgan fingerprint density at radius 3 is 2.53 bits per heavy atom. The molecule has 1 heterocycles. The van der Waals surface area contributed by atoms with Gasteiger partial charge in [0.2, 0.25) is 0 Å². The van der Waals surface area contributed by atoms with Gasteiger partial charge in [-0.3, -0.25) is 9.59 Å². The van der Waals surface area contributed by atoms with E-state index in [2.05, 4.69) is 5.32 Å². The van der Waals surface area contributed by atoms with Crippen molar-refractivity contribution in [2.75, 3.05) is 34.5 Å². The second-order valence-corrected chi connectivity index (χ2v) is 8.62. The van der Waals surface area contributed by atoms with Crippen molar-refractivity contribution in [1.82, 2.24) is 5.32 Å². The van der Waals surface area contributed by atoms with Crippen LogP contribution in [0.15, 0.2) is 34.7 Å². The number of rotatable bonds is 7. The van der Waals surface area contributed by atoms with E-state index in [4.69, 9.17) is 30.5 Å². The van der Waals surface area contributed by atoms with Gasteiger partial charge in [-0.1, -0.05) is 18.5 Å². The molecule has 3 rings (SSSR count). The topological polar surface area (TPSA) is 120 Å². The molecule has 1 aliphatic heterocycles. The van der Waals surface area contributed by atoms with Gasteiger partial charge in [-0.2, -0.15) is 0 Å². The van der Waals surface area contributed by atoms with E-state index in [0.29, 0.717) is 23.4 Å². The molecule has 0 spiro atoms. The van der Waals surface area contributed by atoms with E-state index >= 15 is 0 Å². The summed E-state index contributed by atoms with van der Waals surface area (Å²) in [6.45, 7) is 3.72. The summed E-state index contributed by atoms with van der Waals surface area (Å²) in [5.74, 6) is -4.17. The minimum Gasteiger partial charge on any atom is -0.503 e. The number of phenolic OH excluding ortho intramolecular Hbond substituents is 1. The Labute approximate surface area is 202 Å². The van der Waals surface area contributed by atoms with E-state index in [9.17, 15) is 19.5 Å². The number of phenols is 1. The molecule has 10 heteroatoms. The van der Waals surface area contributed by atoms with Crippen LogP contribution in [-0.4, -0.2) is 57.4 Å². The minimum absolute atomic E-state index is 0.0130. The van der Waals surface area contributed by atoms with Gasteiger partial charge < -0.3 is 29.4 Å². The lowest BCUT2D eigenvalue weighted by Crippen LogP contribution is -2.43. The summed E-state index contributed by atoms with van der Waals surface area (Å²) in [6, 6.07) is 2.98. The molecule has 184 valence electrons. The fourth-order valence-electron chi connectivity index (χ4n) is 4.50. The third-order valence-electron chi connectivity index (χ3n) is 6.09. The number of nitrogens with one attached hydrogen (secondary N) is 1. The van der Waals surface area contributed by atoms with Gasteiger partial charge in [0, 0.05) is 30.0 Å². The number of carbonyl (C=O) groups is 3. The average Bonchev–Trinajstić information content (AvgIpc) is 2.79. The number of esters is 2. The van der Waals surface area contributed by atoms with Gasteiger partial charge >= 0.3 is 11.9 Å². The SMILES string of the molecule is COCCOC(=O)C1=C(C)NC2=C(C(=O)[C@H](C(=O)OC)[C@@H](C)C2)[C@H]1c1cc(Cl)c(O)c(OC)c1. The Kier molecular flexibility index (Phi) is 7.89. The molecule has 0 unspecified atom stereocenters. The maximum atomic E-state index is 13.7. The Hall–Kier alpha value is -3.04. The number of hydrogen-bond acceptors (Lipinski definition) is 9. The van der Waals surface area contributed by atoms with Crippen LogP contribution in [-0.2, 0) is 28.6 Å². The number of allylic oxidation sites excluding steroid dienone is 3. The quantitative estimate of drug-likeness (QED) is 0.335. The van der Waals surface area contributed by atoms with E-state index < -0.39 is 29.6 Å². The van der Waals surface area contributed by atoms with Crippen molar-refractivity contribution in [3.8, 4) is 11.5 Å². The summed E-state index contributed by atoms with van der Waals surface area (Å²) >= 11 is 6.25. The molecule has 1 aromatic carbocycles. The van der Waals surface area contributed by atoms with Crippen LogP contribution in [0.25, 0.3) is 0 Å². The summed E-state index contributed by atoms with van der Waals surface area (Å²) in [5.41, 5.74) is 1.98. The predicted octanol–water partition coefficient (Wildman–Crippen LogP) is 2.86. The van der Waals surface area contributed by atoms with Crippen LogP contribution in [0.3, 0.4) is 0 Å². The van der Waals surface area contributed by atoms with Gasteiger partial charge in [0.25, 0.3) is 0 Å². The summed E-state index contributed by atoms with van der Waals surface area (Å²) in [5, 5.41) is 13.4. The fraction of sp³-hybridized carbons (Fsp3) is 0.458. The molecule has 1 aromatic rings. The number of carbonyl (C=O) groups excluding carboxylic acids is 3. The molecule has 3 atom stereocenters. The molecule has 0 bridgehead atoms. The zero-order chi connectivity index (χ0) is 25.2. The van der Waals surface area contributed by atoms with Gasteiger partial charge in [0.05, 0.1) is 31.4 Å². The first-order chi connectivity index (χ1) is 16.2. The van der Waals surface area contributed by atoms with Crippen molar-refractivity contribution >= 4 is 29.3 Å². The minimum atomic E-state index is -1.02. The van der Waals surface area contributed by atoms with Crippen LogP contribution >= 0.6 is 11.6 Å². The Morgan fingerprint density at radius 1 is 1.21 bits per heavy atom. The molecule has 2 aliphatic rings. The molecule has 0 radical (unpaired) electrons. The lowest BCUT2D eigenvalue weighted by Gasteiger charge is -2.38. The molecule has 0 saturated heterocycles. The number of ketones is 1. The van der Waals surface area contributed by atoms with Crippen LogP contribution in [0, 0.1) is 11.8 Å². The van der Waals surface area contributed by atoms with Crippen LogP contribution in [0.2, 0.25) is 5.02 Å². The number of aromatic hydroxyl groups is 1. The first-order valence-electron chi connectivity index (χ1n) is 10.7. The number of ether oxygens (including phenoxy) is 4. The van der Waals surface area contributed by atoms with E-state index in [1.165, 1.54) is 33.5 Å². The second kappa shape index (κ2) is 10.5. The number of hydrogen-bond donors (Lipinski definition) is 2. The van der Waals surface area contributed by atoms with Crippen molar-refractivity contribution in [2.24, 2.45) is 11.8 Å². The van der Waals surface area contributed by atoms with Crippen LogP contribution in [0.1, 0.15) is 31.7 Å². The normalized spacial score (nSPS) is 22.2. The first-order valence-corrected chi connectivity index (χ1v) is 11.1. The van der Waals surface area contributed by atoms with E-state index in [-0.39, 0.29) is 46.8 Å². The first kappa shape index (κ1) is 25.6. The molecule has 34 heavy (non-hydrogen) atoms. The highest BCUT2D eigenvalue weighted by molar-refractivity contribution is 6.32. The highest BCUT2D eigenvalue weighted by atomic mass is 35.5. The van der Waals surface area contributed by atoms with Crippen molar-refractivity contribution in [3.63, 3.8) is 0 Å². The number of methoxy groups -OCH3 is 3. The average molecular weight is 494 g/mol. The van der Waals surface area contributed by atoms with E-state index in [1.54, 1.807) is 13.8 Å². The van der Waals surface area contributed by atoms with Gasteiger partial charge in [0.15, 0.2) is 17.3 Å². The second-order valence-electron chi connectivity index (χ2n) is 8.22. The maximum absolute atomic E-state index is 13.7. The Balaban J connectivity index is 2.21. The molecule has 1 aliphatic carbocycles. The molecule has 0 aromatic heterocycles. The van der Waals surface area contributed by atoms with Crippen molar-refractivity contribution in [1.29, 1.82) is 0 Å². The molecule has 0 saturated carbocycles. The molecule has 0 amide bonds. The number of Topliss-reactive ketones (excluding diaryl/α,β-unsaturated/α-hetero) is 1. The number of halogens is 1. The smallest absolute Gasteiger partial charge is 0.336 e. The summed E-state index contributed by atoms with van der Waals surface area (Å²) in [7, 11) is 4.08. The van der Waals surface area contributed by atoms with Gasteiger partial charge in [-0.25, -0.2) is 4.79 Å². The maximum Gasteiger partial charge on any atom is 0.336 e. The highest BCUT2D eigenvalue weighted by Crippen LogP contribution is 2.48. The van der Waals surface area contributed by atoms with Crippen LogP contribution in [0.5, 0.6) is 11.5 Å². The lowest BCUT2D eigenvalue weighted by molar-refractivity contribution is -0.151. The molecule has 2 N–H and O–H groups in total. The lowest BCUT2D eigenvalue weighted by atomic mass is 9.69. The zero-order valence-corrected chi connectivity index (χ0v) is 20.4. The Morgan fingerprint density at radius 2 is 1.91 bits per heavy atom. The fourth-order valence-corrected chi connectivity index (χ4v) is 4.72. The third kappa shape index (κ3) is 4.63. The summed E-state index contributed by atoms with van der Waals surface area (Å²) in [4.78, 5) is 39.3. The van der Waals surface area contributed by atoms with Crippen LogP contribution in [0.4, 0.5) is 0 Å². The van der Waals surface area contributed by atoms with E-state index in [0.717, 1.165) is 0 Å². The van der Waals surface area contributed by atoms with E-state index in [1.807, 2.05) is 0 Å². The summed E-state index contributed by atoms with van der Waals surface area (Å²) < 4.78 is 20.5. The predicted molar refractivity (Wildman–Crippen MR) is 122 cm³/mol. The van der Waals surface area contributed by atoms with Gasteiger partial charge in [-0.15, -0.1) is 0 Å². The van der Waals surface area contributed by atoms with Crippen molar-refractivity contribution in [2.45, 2.75) is 26.2 Å². The number of dihydropyridines is 1. The monoisotopic (exact) mass is 493 g/mol. The third-order valence-corrected chi connectivity index (χ3v) is 6.38. The molecular formula is C24H28ClNO8. The zero-order valence-electron chi connectivity index (χ0n) is 19.7. The summed E-state index contributed by atoms with van der Waals surface area (Å²) in [6.07, 6.45) is 0.392. The molecule has 9 nitrogen and oxygen atoms in total. The molecule has 0 fully saturated rings. The molecular weight excluding hydrogens is 466 g/mol. The van der Waals surface area contributed by atoms with Crippen LogP contribution < -0.4 is 10.1 Å². The van der Waals surface area contributed by atoms with Crippen molar-refractivity contribution < 1.29 is 38.4 Å². The Bertz CT molecular complexity index is 1080. The van der Waals surface area contributed by atoms with Gasteiger partial charge in [0.1, 0.15) is 12.5 Å².